The highest BCUT2D eigenvalue weighted by atomic mass is 19.4. The predicted molar refractivity (Wildman–Crippen MR) is 70.0 cm³/mol. The summed E-state index contributed by atoms with van der Waals surface area (Å²) in [4.78, 5) is 2.04. The number of benzene rings is 1. The molecule has 0 bridgehead atoms. The van der Waals surface area contributed by atoms with Crippen molar-refractivity contribution in [1.29, 1.82) is 0 Å². The van der Waals surface area contributed by atoms with E-state index in [1.807, 2.05) is 11.9 Å². The minimum atomic E-state index is -4.66. The molecule has 1 atom stereocenters. The first kappa shape index (κ1) is 16.1. The van der Waals surface area contributed by atoms with E-state index >= 15 is 0 Å². The second-order valence-electron chi connectivity index (χ2n) is 4.96. The Morgan fingerprint density at radius 3 is 2.52 bits per heavy atom. The fourth-order valence-electron chi connectivity index (χ4n) is 2.16. The third-order valence-corrected chi connectivity index (χ3v) is 3.01. The van der Waals surface area contributed by atoms with Crippen molar-refractivity contribution in [2.75, 3.05) is 33.4 Å². The molecule has 0 aromatic heterocycles. The summed E-state index contributed by atoms with van der Waals surface area (Å²) in [6.07, 6.45) is -4.62. The standard InChI is InChI=1S/C14H18F3NO3/c1-18(9-13-10-19-6-7-20-13)8-11-2-4-12(5-3-11)21-14(15,16)17/h2-5,13H,6-10H2,1H3/t13-/m0/s1. The van der Waals surface area contributed by atoms with Crippen molar-refractivity contribution in [3.8, 4) is 5.75 Å². The van der Waals surface area contributed by atoms with Gasteiger partial charge in [-0.15, -0.1) is 13.2 Å². The number of hydrogen-bond donors (Lipinski definition) is 0. The maximum absolute atomic E-state index is 12.1. The van der Waals surface area contributed by atoms with Crippen LogP contribution < -0.4 is 4.74 Å². The van der Waals surface area contributed by atoms with Crippen molar-refractivity contribution < 1.29 is 27.4 Å². The van der Waals surface area contributed by atoms with Crippen LogP contribution in [0.3, 0.4) is 0 Å². The van der Waals surface area contributed by atoms with Gasteiger partial charge in [0.15, 0.2) is 0 Å². The fourth-order valence-corrected chi connectivity index (χ4v) is 2.16. The van der Waals surface area contributed by atoms with E-state index in [4.69, 9.17) is 9.47 Å². The van der Waals surface area contributed by atoms with E-state index in [-0.39, 0.29) is 11.9 Å². The molecule has 2 rings (SSSR count). The van der Waals surface area contributed by atoms with Crippen LogP contribution in [0.1, 0.15) is 5.56 Å². The molecule has 21 heavy (non-hydrogen) atoms. The third kappa shape index (κ3) is 5.91. The van der Waals surface area contributed by atoms with Crippen molar-refractivity contribution in [3.05, 3.63) is 29.8 Å². The van der Waals surface area contributed by atoms with Gasteiger partial charge < -0.3 is 14.2 Å². The fraction of sp³-hybridized carbons (Fsp3) is 0.571. The molecule has 1 fully saturated rings. The van der Waals surface area contributed by atoms with Crippen LogP contribution in [0.25, 0.3) is 0 Å². The van der Waals surface area contributed by atoms with Crippen molar-refractivity contribution in [1.82, 2.24) is 4.90 Å². The summed E-state index contributed by atoms with van der Waals surface area (Å²) >= 11 is 0. The lowest BCUT2D eigenvalue weighted by Crippen LogP contribution is -2.38. The Labute approximate surface area is 121 Å². The smallest absolute Gasteiger partial charge is 0.406 e. The normalized spacial score (nSPS) is 19.8. The van der Waals surface area contributed by atoms with E-state index in [1.165, 1.54) is 12.1 Å². The number of likely N-dealkylation sites (N-methyl/N-ethyl adjacent to an activating group) is 1. The predicted octanol–water partition coefficient (Wildman–Crippen LogP) is 2.43. The average Bonchev–Trinajstić information content (AvgIpc) is 2.40. The van der Waals surface area contributed by atoms with Gasteiger partial charge in [-0.2, -0.15) is 0 Å². The molecule has 0 spiro atoms. The third-order valence-electron chi connectivity index (χ3n) is 3.01. The summed E-state index contributed by atoms with van der Waals surface area (Å²) in [7, 11) is 1.93. The van der Waals surface area contributed by atoms with Crippen LogP contribution in [-0.2, 0) is 16.0 Å². The highest BCUT2D eigenvalue weighted by molar-refractivity contribution is 5.27. The average molecular weight is 305 g/mol. The van der Waals surface area contributed by atoms with E-state index in [0.717, 1.165) is 5.56 Å². The molecule has 0 aliphatic carbocycles. The lowest BCUT2D eigenvalue weighted by atomic mass is 10.2. The van der Waals surface area contributed by atoms with Crippen molar-refractivity contribution >= 4 is 0 Å². The number of rotatable bonds is 5. The Balaban J connectivity index is 1.81. The summed E-state index contributed by atoms with van der Waals surface area (Å²) in [6.45, 7) is 3.12. The van der Waals surface area contributed by atoms with E-state index in [0.29, 0.717) is 32.9 Å². The monoisotopic (exact) mass is 305 g/mol. The van der Waals surface area contributed by atoms with Crippen LogP contribution in [0.5, 0.6) is 5.75 Å². The van der Waals surface area contributed by atoms with Gasteiger partial charge in [0, 0.05) is 13.1 Å². The molecule has 0 radical (unpaired) electrons. The molecule has 0 amide bonds. The van der Waals surface area contributed by atoms with Gasteiger partial charge in [-0.3, -0.25) is 4.90 Å². The minimum Gasteiger partial charge on any atom is -0.406 e. The summed E-state index contributed by atoms with van der Waals surface area (Å²) in [5.74, 6) is -0.210. The molecule has 1 heterocycles. The number of halogens is 3. The van der Waals surface area contributed by atoms with Crippen LogP contribution in [0.15, 0.2) is 24.3 Å². The molecule has 0 saturated carbocycles. The number of hydrogen-bond acceptors (Lipinski definition) is 4. The number of nitrogens with zero attached hydrogens (tertiary/aromatic N) is 1. The topological polar surface area (TPSA) is 30.9 Å². The summed E-state index contributed by atoms with van der Waals surface area (Å²) in [5, 5.41) is 0. The van der Waals surface area contributed by atoms with Crippen LogP contribution >= 0.6 is 0 Å². The summed E-state index contributed by atoms with van der Waals surface area (Å²) < 4.78 is 50.9. The quantitative estimate of drug-likeness (QED) is 0.836. The van der Waals surface area contributed by atoms with Gasteiger partial charge in [0.1, 0.15) is 5.75 Å². The highest BCUT2D eigenvalue weighted by Gasteiger charge is 2.30. The number of alkyl halides is 3. The zero-order valence-corrected chi connectivity index (χ0v) is 11.7. The maximum Gasteiger partial charge on any atom is 0.573 e. The molecule has 0 N–H and O–H groups in total. The molecule has 0 unspecified atom stereocenters. The Bertz CT molecular complexity index is 430. The molecule has 4 nitrogen and oxygen atoms in total. The first-order valence-corrected chi connectivity index (χ1v) is 6.65. The highest BCUT2D eigenvalue weighted by Crippen LogP contribution is 2.23. The van der Waals surface area contributed by atoms with Gasteiger partial charge in [0.2, 0.25) is 0 Å². The Morgan fingerprint density at radius 2 is 1.95 bits per heavy atom. The molecular weight excluding hydrogens is 287 g/mol. The maximum atomic E-state index is 12.1. The van der Waals surface area contributed by atoms with Crippen molar-refractivity contribution in [3.63, 3.8) is 0 Å². The Kier molecular flexibility index (Phi) is 5.44. The second-order valence-corrected chi connectivity index (χ2v) is 4.96. The molecule has 1 aliphatic heterocycles. The molecule has 1 saturated heterocycles. The second kappa shape index (κ2) is 7.11. The largest absolute Gasteiger partial charge is 0.573 e. The van der Waals surface area contributed by atoms with E-state index < -0.39 is 6.36 Å². The molecular formula is C14H18F3NO3. The molecule has 1 aromatic carbocycles. The van der Waals surface area contributed by atoms with Crippen LogP contribution in [0.2, 0.25) is 0 Å². The van der Waals surface area contributed by atoms with Gasteiger partial charge in [-0.25, -0.2) is 0 Å². The van der Waals surface area contributed by atoms with Crippen LogP contribution in [0, 0.1) is 0 Å². The van der Waals surface area contributed by atoms with E-state index in [9.17, 15) is 13.2 Å². The van der Waals surface area contributed by atoms with E-state index in [2.05, 4.69) is 4.74 Å². The summed E-state index contributed by atoms with van der Waals surface area (Å²) in [5.41, 5.74) is 0.906. The Morgan fingerprint density at radius 1 is 1.24 bits per heavy atom. The zero-order valence-electron chi connectivity index (χ0n) is 11.7. The molecule has 118 valence electrons. The van der Waals surface area contributed by atoms with Gasteiger partial charge in [-0.05, 0) is 24.7 Å². The van der Waals surface area contributed by atoms with Gasteiger partial charge in [0.25, 0.3) is 0 Å². The van der Waals surface area contributed by atoms with Crippen molar-refractivity contribution in [2.45, 2.75) is 19.0 Å². The van der Waals surface area contributed by atoms with Crippen LogP contribution in [-0.4, -0.2) is 50.8 Å². The first-order chi connectivity index (χ1) is 9.92. The molecule has 1 aliphatic rings. The lowest BCUT2D eigenvalue weighted by molar-refractivity contribution is -0.274. The van der Waals surface area contributed by atoms with Crippen LogP contribution in [0.4, 0.5) is 13.2 Å². The SMILES string of the molecule is CN(Cc1ccc(OC(F)(F)F)cc1)C[C@H]1COCCO1. The first-order valence-electron chi connectivity index (χ1n) is 6.65. The van der Waals surface area contributed by atoms with Gasteiger partial charge in [0.05, 0.1) is 25.9 Å². The molecule has 1 aromatic rings. The van der Waals surface area contributed by atoms with Crippen molar-refractivity contribution in [2.24, 2.45) is 0 Å². The zero-order chi connectivity index (χ0) is 15.3. The lowest BCUT2D eigenvalue weighted by Gasteiger charge is -2.27. The molecule has 7 heteroatoms. The Hall–Kier alpha value is -1.31. The van der Waals surface area contributed by atoms with Gasteiger partial charge in [-0.1, -0.05) is 12.1 Å². The van der Waals surface area contributed by atoms with Gasteiger partial charge >= 0.3 is 6.36 Å². The summed E-state index contributed by atoms with van der Waals surface area (Å²) in [6, 6.07) is 5.87. The van der Waals surface area contributed by atoms with E-state index in [1.54, 1.807) is 12.1 Å². The minimum absolute atomic E-state index is 0.0385. The number of ether oxygens (including phenoxy) is 3.